The normalized spacial score (nSPS) is 10.5. The van der Waals surface area contributed by atoms with Gasteiger partial charge in [0.1, 0.15) is 17.2 Å². The molecule has 0 unspecified atom stereocenters. The molecule has 34 heavy (non-hydrogen) atoms. The smallest absolute Gasteiger partial charge is 0.394 e. The molecular formula is C23H17Cl3N2O6. The second-order valence-electron chi connectivity index (χ2n) is 7.04. The highest BCUT2D eigenvalue weighted by Crippen LogP contribution is 2.36. The number of hydrogen-bond acceptors (Lipinski definition) is 5. The first-order valence-corrected chi connectivity index (χ1v) is 10.8. The lowest BCUT2D eigenvalue weighted by molar-refractivity contribution is -0.147. The first-order chi connectivity index (χ1) is 16.1. The number of carbonyl (C=O) groups excluding carboxylic acids is 2. The molecule has 0 aliphatic carbocycles. The third-order valence-electron chi connectivity index (χ3n) is 4.58. The Morgan fingerprint density at radius 2 is 1.74 bits per heavy atom. The molecule has 0 aliphatic heterocycles. The number of hydrogen-bond donors (Lipinski definition) is 4. The van der Waals surface area contributed by atoms with E-state index in [1.54, 1.807) is 25.1 Å². The molecule has 176 valence electrons. The average Bonchev–Trinajstić information content (AvgIpc) is 2.78. The van der Waals surface area contributed by atoms with Crippen LogP contribution < -0.4 is 15.4 Å². The molecule has 0 aromatic heterocycles. The number of aryl methyl sites for hydroxylation is 1. The second kappa shape index (κ2) is 10.6. The number of anilines is 1. The molecular weight excluding hydrogens is 507 g/mol. The standard InChI is InChI=1S/C23H17Cl3N2O6/c1-11-7-13(28-22(31)23(32)33)8-17(25)20(11)34-14-5-6-18(29)15(9-14)21(30)27-10-12-3-2-4-16(24)19(12)26/h2-9,29H,10H2,1H3,(H,27,30)(H,28,31)(H,32,33). The van der Waals surface area contributed by atoms with E-state index in [1.165, 1.54) is 30.3 Å². The van der Waals surface area contributed by atoms with Crippen molar-refractivity contribution in [2.24, 2.45) is 0 Å². The molecule has 3 rings (SSSR count). The number of aromatic hydroxyl groups is 1. The predicted octanol–water partition coefficient (Wildman–Crippen LogP) is 5.41. The fourth-order valence-corrected chi connectivity index (χ4v) is 3.64. The van der Waals surface area contributed by atoms with Crippen molar-refractivity contribution in [3.8, 4) is 17.2 Å². The highest BCUT2D eigenvalue weighted by Gasteiger charge is 2.17. The zero-order valence-electron chi connectivity index (χ0n) is 17.5. The Morgan fingerprint density at radius 1 is 1.00 bits per heavy atom. The number of carbonyl (C=O) groups is 3. The Labute approximate surface area is 209 Å². The first-order valence-electron chi connectivity index (χ1n) is 9.63. The maximum atomic E-state index is 12.7. The fourth-order valence-electron chi connectivity index (χ4n) is 2.95. The number of rotatable bonds is 6. The summed E-state index contributed by atoms with van der Waals surface area (Å²) in [7, 11) is 0. The number of amides is 2. The van der Waals surface area contributed by atoms with Gasteiger partial charge in [-0.1, -0.05) is 46.9 Å². The van der Waals surface area contributed by atoms with Gasteiger partial charge in [-0.15, -0.1) is 0 Å². The van der Waals surface area contributed by atoms with Crippen LogP contribution in [0.15, 0.2) is 48.5 Å². The van der Waals surface area contributed by atoms with Crippen LogP contribution in [0.25, 0.3) is 0 Å². The number of benzene rings is 3. The van der Waals surface area contributed by atoms with E-state index in [0.29, 0.717) is 21.2 Å². The molecule has 11 heteroatoms. The molecule has 0 radical (unpaired) electrons. The molecule has 0 bridgehead atoms. The minimum Gasteiger partial charge on any atom is -0.507 e. The topological polar surface area (TPSA) is 125 Å². The number of nitrogens with one attached hydrogen (secondary N) is 2. The van der Waals surface area contributed by atoms with Crippen LogP contribution in [-0.4, -0.2) is 28.0 Å². The van der Waals surface area contributed by atoms with Crippen LogP contribution in [0.5, 0.6) is 17.2 Å². The summed E-state index contributed by atoms with van der Waals surface area (Å²) in [4.78, 5) is 34.7. The molecule has 3 aromatic carbocycles. The fraction of sp³-hybridized carbons (Fsp3) is 0.0870. The van der Waals surface area contributed by atoms with E-state index >= 15 is 0 Å². The molecule has 4 N–H and O–H groups in total. The number of aliphatic carboxylic acids is 1. The van der Waals surface area contributed by atoms with E-state index in [0.717, 1.165) is 0 Å². The second-order valence-corrected chi connectivity index (χ2v) is 8.23. The third kappa shape index (κ3) is 5.91. The van der Waals surface area contributed by atoms with Gasteiger partial charge in [0, 0.05) is 12.2 Å². The summed E-state index contributed by atoms with van der Waals surface area (Å²) in [6.45, 7) is 1.72. The SMILES string of the molecule is Cc1cc(NC(=O)C(=O)O)cc(Cl)c1Oc1ccc(O)c(C(=O)NCc2cccc(Cl)c2Cl)c1. The van der Waals surface area contributed by atoms with Gasteiger partial charge in [-0.05, 0) is 54.4 Å². The maximum Gasteiger partial charge on any atom is 0.394 e. The molecule has 0 saturated heterocycles. The van der Waals surface area contributed by atoms with Crippen LogP contribution in [0.2, 0.25) is 15.1 Å². The van der Waals surface area contributed by atoms with Gasteiger partial charge < -0.3 is 25.6 Å². The Hall–Kier alpha value is -3.46. The van der Waals surface area contributed by atoms with Crippen LogP contribution in [0, 0.1) is 6.92 Å². The zero-order valence-corrected chi connectivity index (χ0v) is 19.8. The maximum absolute atomic E-state index is 12.7. The van der Waals surface area contributed by atoms with Crippen molar-refractivity contribution < 1.29 is 29.3 Å². The Morgan fingerprint density at radius 3 is 2.41 bits per heavy atom. The summed E-state index contributed by atoms with van der Waals surface area (Å²) < 4.78 is 5.80. The van der Waals surface area contributed by atoms with Crippen LogP contribution in [0.3, 0.4) is 0 Å². The summed E-state index contributed by atoms with van der Waals surface area (Å²) in [5.74, 6) is -3.27. The minimum atomic E-state index is -1.64. The van der Waals surface area contributed by atoms with Gasteiger partial charge in [0.25, 0.3) is 5.91 Å². The van der Waals surface area contributed by atoms with Gasteiger partial charge in [-0.25, -0.2) is 4.79 Å². The number of ether oxygens (including phenoxy) is 1. The lowest BCUT2D eigenvalue weighted by atomic mass is 10.1. The van der Waals surface area contributed by atoms with E-state index < -0.39 is 17.8 Å². The quantitative estimate of drug-likeness (QED) is 0.320. The summed E-state index contributed by atoms with van der Waals surface area (Å²) >= 11 is 18.4. The third-order valence-corrected chi connectivity index (χ3v) is 5.72. The summed E-state index contributed by atoms with van der Waals surface area (Å²) in [5, 5.41) is 24.5. The summed E-state index contributed by atoms with van der Waals surface area (Å²) in [5.41, 5.74) is 1.22. The van der Waals surface area contributed by atoms with Crippen LogP contribution in [0.4, 0.5) is 5.69 Å². The van der Waals surface area contributed by atoms with E-state index in [4.69, 9.17) is 44.6 Å². The van der Waals surface area contributed by atoms with E-state index in [-0.39, 0.29) is 40.1 Å². The van der Waals surface area contributed by atoms with Crippen molar-refractivity contribution in [2.45, 2.75) is 13.5 Å². The largest absolute Gasteiger partial charge is 0.507 e. The van der Waals surface area contributed by atoms with Gasteiger partial charge >= 0.3 is 11.9 Å². The lowest BCUT2D eigenvalue weighted by Crippen LogP contribution is -2.23. The highest BCUT2D eigenvalue weighted by atomic mass is 35.5. The molecule has 3 aromatic rings. The number of carboxylic acid groups (broad SMARTS) is 1. The van der Waals surface area contributed by atoms with Crippen molar-refractivity contribution in [1.29, 1.82) is 0 Å². The number of phenolic OH excluding ortho intramolecular Hbond substituents is 1. The number of phenols is 1. The van der Waals surface area contributed by atoms with Crippen molar-refractivity contribution >= 4 is 58.3 Å². The van der Waals surface area contributed by atoms with Gasteiger partial charge in [-0.2, -0.15) is 0 Å². The molecule has 0 aliphatic rings. The monoisotopic (exact) mass is 522 g/mol. The molecule has 0 spiro atoms. The van der Waals surface area contributed by atoms with Crippen LogP contribution >= 0.6 is 34.8 Å². The first kappa shape index (κ1) is 25.2. The predicted molar refractivity (Wildman–Crippen MR) is 128 cm³/mol. The van der Waals surface area contributed by atoms with Crippen molar-refractivity contribution in [1.82, 2.24) is 5.32 Å². The van der Waals surface area contributed by atoms with E-state index in [2.05, 4.69) is 10.6 Å². The highest BCUT2D eigenvalue weighted by molar-refractivity contribution is 6.42. The van der Waals surface area contributed by atoms with Crippen LogP contribution in [0.1, 0.15) is 21.5 Å². The van der Waals surface area contributed by atoms with E-state index in [1.807, 2.05) is 0 Å². The number of carboxylic acids is 1. The molecule has 0 fully saturated rings. The van der Waals surface area contributed by atoms with Gasteiger partial charge in [0.15, 0.2) is 0 Å². The molecule has 8 nitrogen and oxygen atoms in total. The summed E-state index contributed by atoms with van der Waals surface area (Å²) in [6, 6.07) is 11.9. The van der Waals surface area contributed by atoms with Gasteiger partial charge in [0.05, 0.1) is 20.6 Å². The van der Waals surface area contributed by atoms with Crippen molar-refractivity contribution in [3.63, 3.8) is 0 Å². The Bertz CT molecular complexity index is 1270. The summed E-state index contributed by atoms with van der Waals surface area (Å²) in [6.07, 6.45) is 0. The number of halogens is 3. The Kier molecular flexibility index (Phi) is 7.88. The minimum absolute atomic E-state index is 0.0465. The Balaban J connectivity index is 1.78. The zero-order chi connectivity index (χ0) is 25.0. The molecule has 0 saturated carbocycles. The molecule has 2 amide bonds. The molecule has 0 heterocycles. The van der Waals surface area contributed by atoms with E-state index in [9.17, 15) is 19.5 Å². The van der Waals surface area contributed by atoms with Crippen LogP contribution in [-0.2, 0) is 16.1 Å². The van der Waals surface area contributed by atoms with Crippen molar-refractivity contribution in [2.75, 3.05) is 5.32 Å². The van der Waals surface area contributed by atoms with Crippen molar-refractivity contribution in [3.05, 3.63) is 80.3 Å². The average molecular weight is 524 g/mol. The lowest BCUT2D eigenvalue weighted by Gasteiger charge is -2.14. The van der Waals surface area contributed by atoms with Gasteiger partial charge in [0.2, 0.25) is 0 Å². The molecule has 0 atom stereocenters. The van der Waals surface area contributed by atoms with Gasteiger partial charge in [-0.3, -0.25) is 9.59 Å².